The number of hydrogen-bond donors (Lipinski definition) is 2. The normalized spacial score (nSPS) is 26.8. The standard InChI is InChI=1S/C12H19N3O4.H2S/c1-8(17)15-5-2-3-12(15)4-6-14(11(12)19)9(7-16)10(13)18;/h9,16H,2-7H2,1H3,(H2,13,18);1H2/t9-,12?;/m0./s1. The van der Waals surface area contributed by atoms with E-state index >= 15 is 0 Å². The van der Waals surface area contributed by atoms with Crippen molar-refractivity contribution in [1.29, 1.82) is 0 Å². The summed E-state index contributed by atoms with van der Waals surface area (Å²) in [4.78, 5) is 38.4. The highest BCUT2D eigenvalue weighted by Gasteiger charge is 2.55. The number of rotatable bonds is 3. The second-order valence-corrected chi connectivity index (χ2v) is 5.16. The van der Waals surface area contributed by atoms with E-state index in [2.05, 4.69) is 0 Å². The highest BCUT2D eigenvalue weighted by atomic mass is 32.1. The largest absolute Gasteiger partial charge is 0.394 e. The Labute approximate surface area is 124 Å². The Kier molecular flexibility index (Phi) is 5.04. The molecular weight excluding hydrogens is 282 g/mol. The zero-order chi connectivity index (χ0) is 14.2. The first kappa shape index (κ1) is 16.8. The lowest BCUT2D eigenvalue weighted by Gasteiger charge is -2.33. The van der Waals surface area contributed by atoms with Crippen molar-refractivity contribution in [1.82, 2.24) is 9.80 Å². The molecule has 114 valence electrons. The Morgan fingerprint density at radius 2 is 2.05 bits per heavy atom. The van der Waals surface area contributed by atoms with Gasteiger partial charge in [-0.25, -0.2) is 0 Å². The maximum Gasteiger partial charge on any atom is 0.249 e. The van der Waals surface area contributed by atoms with Gasteiger partial charge < -0.3 is 20.6 Å². The molecule has 0 radical (unpaired) electrons. The molecule has 0 bridgehead atoms. The molecule has 8 heteroatoms. The molecule has 0 aromatic rings. The molecule has 2 heterocycles. The first-order valence-corrected chi connectivity index (χ1v) is 6.43. The van der Waals surface area contributed by atoms with E-state index in [4.69, 9.17) is 5.73 Å². The lowest BCUT2D eigenvalue weighted by molar-refractivity contribution is -0.148. The van der Waals surface area contributed by atoms with E-state index in [0.29, 0.717) is 25.9 Å². The molecule has 1 spiro atoms. The van der Waals surface area contributed by atoms with Crippen LogP contribution >= 0.6 is 13.5 Å². The van der Waals surface area contributed by atoms with Crippen LogP contribution < -0.4 is 5.73 Å². The number of amides is 3. The van der Waals surface area contributed by atoms with Gasteiger partial charge in [0.2, 0.25) is 17.7 Å². The lowest BCUT2D eigenvalue weighted by Crippen LogP contribution is -2.56. The van der Waals surface area contributed by atoms with E-state index < -0.39 is 24.1 Å². The van der Waals surface area contributed by atoms with E-state index in [-0.39, 0.29) is 25.3 Å². The fraction of sp³-hybridized carbons (Fsp3) is 0.750. The van der Waals surface area contributed by atoms with Gasteiger partial charge in [-0.3, -0.25) is 14.4 Å². The highest BCUT2D eigenvalue weighted by molar-refractivity contribution is 7.59. The number of aliphatic hydroxyl groups excluding tert-OH is 1. The molecule has 3 N–H and O–H groups in total. The van der Waals surface area contributed by atoms with Crippen LogP contribution in [0.2, 0.25) is 0 Å². The smallest absolute Gasteiger partial charge is 0.249 e. The van der Waals surface area contributed by atoms with E-state index in [1.165, 1.54) is 11.8 Å². The number of carbonyl (C=O) groups excluding carboxylic acids is 3. The zero-order valence-electron chi connectivity index (χ0n) is 11.5. The number of nitrogens with two attached hydrogens (primary N) is 1. The van der Waals surface area contributed by atoms with Gasteiger partial charge in [0.25, 0.3) is 0 Å². The van der Waals surface area contributed by atoms with Gasteiger partial charge in [-0.2, -0.15) is 13.5 Å². The molecule has 0 saturated carbocycles. The van der Waals surface area contributed by atoms with Crippen LogP contribution in [0.25, 0.3) is 0 Å². The Morgan fingerprint density at radius 3 is 2.55 bits per heavy atom. The number of nitrogens with zero attached hydrogens (tertiary/aromatic N) is 2. The molecule has 0 aliphatic carbocycles. The minimum absolute atomic E-state index is 0. The van der Waals surface area contributed by atoms with Crippen LogP contribution in [0.4, 0.5) is 0 Å². The van der Waals surface area contributed by atoms with Crippen molar-refractivity contribution in [2.75, 3.05) is 19.7 Å². The van der Waals surface area contributed by atoms with Gasteiger partial charge in [0, 0.05) is 20.0 Å². The Bertz CT molecular complexity index is 431. The molecule has 20 heavy (non-hydrogen) atoms. The van der Waals surface area contributed by atoms with Gasteiger partial charge in [-0.05, 0) is 19.3 Å². The summed E-state index contributed by atoms with van der Waals surface area (Å²) in [5.41, 5.74) is 4.37. The summed E-state index contributed by atoms with van der Waals surface area (Å²) in [6.07, 6.45) is 1.88. The van der Waals surface area contributed by atoms with E-state index in [0.717, 1.165) is 6.42 Å². The summed E-state index contributed by atoms with van der Waals surface area (Å²) in [6.45, 7) is 1.86. The van der Waals surface area contributed by atoms with Gasteiger partial charge in [0.15, 0.2) is 0 Å². The van der Waals surface area contributed by atoms with E-state index in [1.54, 1.807) is 4.90 Å². The maximum atomic E-state index is 12.6. The first-order chi connectivity index (χ1) is 8.94. The van der Waals surface area contributed by atoms with Crippen LogP contribution in [0, 0.1) is 0 Å². The Balaban J connectivity index is 0.00000200. The molecule has 2 atom stereocenters. The van der Waals surface area contributed by atoms with Crippen molar-refractivity contribution in [3.05, 3.63) is 0 Å². The second kappa shape index (κ2) is 6.01. The molecule has 2 aliphatic heterocycles. The van der Waals surface area contributed by atoms with Gasteiger partial charge in [-0.15, -0.1) is 0 Å². The van der Waals surface area contributed by atoms with Crippen molar-refractivity contribution >= 4 is 31.2 Å². The molecule has 2 aliphatic rings. The third-order valence-electron chi connectivity index (χ3n) is 4.17. The summed E-state index contributed by atoms with van der Waals surface area (Å²) in [7, 11) is 0. The lowest BCUT2D eigenvalue weighted by atomic mass is 9.94. The Morgan fingerprint density at radius 1 is 1.40 bits per heavy atom. The second-order valence-electron chi connectivity index (χ2n) is 5.16. The van der Waals surface area contributed by atoms with Crippen molar-refractivity contribution in [2.24, 2.45) is 5.73 Å². The third kappa shape index (κ3) is 2.37. The number of primary amides is 1. The molecule has 1 unspecified atom stereocenters. The average molecular weight is 303 g/mol. The van der Waals surface area contributed by atoms with Crippen LogP contribution in [-0.4, -0.2) is 63.9 Å². The molecule has 0 aromatic carbocycles. The van der Waals surface area contributed by atoms with Crippen LogP contribution in [-0.2, 0) is 14.4 Å². The molecule has 2 saturated heterocycles. The molecular formula is C12H21N3O4S. The summed E-state index contributed by atoms with van der Waals surface area (Å²) < 4.78 is 0. The average Bonchev–Trinajstić information content (AvgIpc) is 2.90. The molecule has 3 amide bonds. The zero-order valence-corrected chi connectivity index (χ0v) is 12.5. The summed E-state index contributed by atoms with van der Waals surface area (Å²) in [5, 5.41) is 9.21. The van der Waals surface area contributed by atoms with Gasteiger partial charge in [-0.1, -0.05) is 0 Å². The fourth-order valence-electron chi connectivity index (χ4n) is 3.24. The first-order valence-electron chi connectivity index (χ1n) is 6.43. The molecule has 2 rings (SSSR count). The monoisotopic (exact) mass is 303 g/mol. The van der Waals surface area contributed by atoms with Crippen molar-refractivity contribution in [2.45, 2.75) is 37.8 Å². The van der Waals surface area contributed by atoms with Gasteiger partial charge in [0.1, 0.15) is 11.6 Å². The third-order valence-corrected chi connectivity index (χ3v) is 4.17. The molecule has 7 nitrogen and oxygen atoms in total. The number of carbonyl (C=O) groups is 3. The predicted octanol–water partition coefficient (Wildman–Crippen LogP) is -1.44. The predicted molar refractivity (Wildman–Crippen MR) is 76.1 cm³/mol. The van der Waals surface area contributed by atoms with E-state index in [9.17, 15) is 19.5 Å². The topological polar surface area (TPSA) is 104 Å². The minimum atomic E-state index is -0.999. The summed E-state index contributed by atoms with van der Waals surface area (Å²) in [6, 6.07) is -0.999. The van der Waals surface area contributed by atoms with Crippen molar-refractivity contribution in [3.63, 3.8) is 0 Å². The van der Waals surface area contributed by atoms with Crippen LogP contribution in [0.15, 0.2) is 0 Å². The SMILES string of the molecule is CC(=O)N1CCCC12CCN([C@@H](CO)C(N)=O)C2=O.S. The molecule has 2 fully saturated rings. The quantitative estimate of drug-likeness (QED) is 0.666. The number of hydrogen-bond acceptors (Lipinski definition) is 4. The van der Waals surface area contributed by atoms with Gasteiger partial charge in [0.05, 0.1) is 6.61 Å². The minimum Gasteiger partial charge on any atom is -0.394 e. The van der Waals surface area contributed by atoms with Crippen molar-refractivity contribution in [3.8, 4) is 0 Å². The summed E-state index contributed by atoms with van der Waals surface area (Å²) >= 11 is 0. The molecule has 0 aromatic heterocycles. The van der Waals surface area contributed by atoms with Crippen LogP contribution in [0.3, 0.4) is 0 Å². The maximum absolute atomic E-state index is 12.6. The van der Waals surface area contributed by atoms with E-state index in [1.807, 2.05) is 0 Å². The van der Waals surface area contributed by atoms with Gasteiger partial charge >= 0.3 is 0 Å². The number of aliphatic hydroxyl groups is 1. The highest BCUT2D eigenvalue weighted by Crippen LogP contribution is 2.39. The summed E-state index contributed by atoms with van der Waals surface area (Å²) in [5.74, 6) is -1.12. The fourth-order valence-corrected chi connectivity index (χ4v) is 3.24. The number of likely N-dealkylation sites (tertiary alicyclic amines) is 2. The Hall–Kier alpha value is -1.28. The van der Waals surface area contributed by atoms with Crippen LogP contribution in [0.1, 0.15) is 26.2 Å². The van der Waals surface area contributed by atoms with Crippen molar-refractivity contribution < 1.29 is 19.5 Å². The van der Waals surface area contributed by atoms with Crippen LogP contribution in [0.5, 0.6) is 0 Å².